The second-order valence-electron chi connectivity index (χ2n) is 2.39. The number of aromatic hydroxyl groups is 1. The van der Waals surface area contributed by atoms with E-state index in [4.69, 9.17) is 5.11 Å². The summed E-state index contributed by atoms with van der Waals surface area (Å²) in [7, 11) is 0. The van der Waals surface area contributed by atoms with Crippen LogP contribution in [-0.2, 0) is 0 Å². The Balaban J connectivity index is 3.04. The van der Waals surface area contributed by atoms with E-state index in [0.717, 1.165) is 6.07 Å². The van der Waals surface area contributed by atoms with Crippen molar-refractivity contribution in [1.82, 2.24) is 0 Å². The molecule has 0 aliphatic heterocycles. The third-order valence-electron chi connectivity index (χ3n) is 1.54. The molecule has 0 saturated carbocycles. The lowest BCUT2D eigenvalue weighted by atomic mass is 10.1. The molecule has 1 aromatic carbocycles. The Hall–Kier alpha value is -1.35. The van der Waals surface area contributed by atoms with Crippen molar-refractivity contribution >= 4 is 0 Å². The molecule has 0 amide bonds. The molecule has 3 heteroatoms. The quantitative estimate of drug-likeness (QED) is 0.660. The fourth-order valence-corrected chi connectivity index (χ4v) is 0.843. The monoisotopic (exact) mass is 168 g/mol. The van der Waals surface area contributed by atoms with Crippen molar-refractivity contribution in [1.29, 1.82) is 0 Å². The van der Waals surface area contributed by atoms with Crippen LogP contribution in [-0.4, -0.2) is 10.2 Å². The van der Waals surface area contributed by atoms with Crippen LogP contribution >= 0.6 is 0 Å². The molecule has 1 aromatic rings. The Morgan fingerprint density at radius 1 is 1.50 bits per heavy atom. The van der Waals surface area contributed by atoms with Crippen LogP contribution in [0.3, 0.4) is 0 Å². The Morgan fingerprint density at radius 3 is 2.67 bits per heavy atom. The second kappa shape index (κ2) is 3.36. The van der Waals surface area contributed by atoms with Gasteiger partial charge in [0.25, 0.3) is 0 Å². The highest BCUT2D eigenvalue weighted by atomic mass is 19.1. The van der Waals surface area contributed by atoms with E-state index in [-0.39, 0.29) is 0 Å². The molecule has 0 aliphatic carbocycles. The summed E-state index contributed by atoms with van der Waals surface area (Å²) in [6.07, 6.45) is 0.395. The number of rotatable bonds is 2. The summed E-state index contributed by atoms with van der Waals surface area (Å²) in [4.78, 5) is 0. The molecule has 0 spiro atoms. The molecular weight excluding hydrogens is 159 g/mol. The molecule has 2 N–H and O–H groups in total. The van der Waals surface area contributed by atoms with Gasteiger partial charge in [0.05, 0.1) is 6.10 Å². The number of hydrogen-bond donors (Lipinski definition) is 2. The molecule has 12 heavy (non-hydrogen) atoms. The second-order valence-corrected chi connectivity index (χ2v) is 2.39. The normalized spacial score (nSPS) is 12.5. The highest BCUT2D eigenvalue weighted by Crippen LogP contribution is 2.20. The van der Waals surface area contributed by atoms with Crippen LogP contribution in [0.15, 0.2) is 30.9 Å². The number of aliphatic hydroxyl groups excluding tert-OH is 1. The molecule has 0 heterocycles. The van der Waals surface area contributed by atoms with E-state index in [1.807, 2.05) is 0 Å². The van der Waals surface area contributed by atoms with E-state index in [9.17, 15) is 9.50 Å². The van der Waals surface area contributed by atoms with E-state index in [1.165, 1.54) is 18.2 Å². The van der Waals surface area contributed by atoms with Crippen LogP contribution in [0.2, 0.25) is 0 Å². The number of phenolic OH excluding ortho intramolecular Hbond substituents is 1. The molecule has 0 radical (unpaired) electrons. The van der Waals surface area contributed by atoms with Crippen LogP contribution in [0.1, 0.15) is 11.7 Å². The van der Waals surface area contributed by atoms with Crippen LogP contribution in [0.5, 0.6) is 5.75 Å². The van der Waals surface area contributed by atoms with Crippen LogP contribution in [0.4, 0.5) is 4.39 Å². The van der Waals surface area contributed by atoms with E-state index >= 15 is 0 Å². The lowest BCUT2D eigenvalue weighted by Crippen LogP contribution is -1.92. The summed E-state index contributed by atoms with van der Waals surface area (Å²) in [5.74, 6) is -1.16. The van der Waals surface area contributed by atoms with Gasteiger partial charge in [0.1, 0.15) is 0 Å². The Bertz CT molecular complexity index is 297. The molecule has 0 unspecified atom stereocenters. The van der Waals surface area contributed by atoms with Gasteiger partial charge >= 0.3 is 0 Å². The molecule has 64 valence electrons. The zero-order valence-corrected chi connectivity index (χ0v) is 6.37. The van der Waals surface area contributed by atoms with E-state index in [2.05, 4.69) is 6.58 Å². The molecule has 0 bridgehead atoms. The topological polar surface area (TPSA) is 40.5 Å². The lowest BCUT2D eigenvalue weighted by molar-refractivity contribution is 0.228. The van der Waals surface area contributed by atoms with Crippen molar-refractivity contribution < 1.29 is 14.6 Å². The van der Waals surface area contributed by atoms with E-state index < -0.39 is 17.7 Å². The van der Waals surface area contributed by atoms with Crippen molar-refractivity contribution in [3.63, 3.8) is 0 Å². The first-order chi connectivity index (χ1) is 5.65. The van der Waals surface area contributed by atoms with Gasteiger partial charge in [-0.05, 0) is 17.7 Å². The fraction of sp³-hybridized carbons (Fsp3) is 0.111. The summed E-state index contributed by atoms with van der Waals surface area (Å²) >= 11 is 0. The standard InChI is InChI=1S/C9H9FO2/c1-2-8(11)6-3-4-9(12)7(10)5-6/h2-5,8,11-12H,1H2/t8-/m0/s1. The molecule has 0 fully saturated rings. The average molecular weight is 168 g/mol. The number of aliphatic hydroxyl groups is 1. The first-order valence-corrected chi connectivity index (χ1v) is 3.44. The summed E-state index contributed by atoms with van der Waals surface area (Å²) in [5.41, 5.74) is 0.375. The van der Waals surface area contributed by atoms with Crippen molar-refractivity contribution in [3.05, 3.63) is 42.2 Å². The predicted molar refractivity (Wildman–Crippen MR) is 43.2 cm³/mol. The van der Waals surface area contributed by atoms with E-state index in [1.54, 1.807) is 0 Å². The Labute approximate surface area is 69.6 Å². The van der Waals surface area contributed by atoms with Gasteiger partial charge in [-0.1, -0.05) is 12.1 Å². The van der Waals surface area contributed by atoms with Crippen LogP contribution in [0, 0.1) is 5.82 Å². The first-order valence-electron chi connectivity index (χ1n) is 3.44. The van der Waals surface area contributed by atoms with E-state index in [0.29, 0.717) is 5.56 Å². The summed E-state index contributed by atoms with van der Waals surface area (Å²) in [6, 6.07) is 3.70. The molecule has 0 saturated heterocycles. The third kappa shape index (κ3) is 1.62. The average Bonchev–Trinajstić information content (AvgIpc) is 2.08. The zero-order chi connectivity index (χ0) is 9.14. The largest absolute Gasteiger partial charge is 0.505 e. The number of phenols is 1. The molecule has 0 aliphatic rings. The Kier molecular flexibility index (Phi) is 2.45. The fourth-order valence-electron chi connectivity index (χ4n) is 0.843. The molecule has 2 nitrogen and oxygen atoms in total. The minimum absolute atomic E-state index is 0.375. The molecular formula is C9H9FO2. The summed E-state index contributed by atoms with van der Waals surface area (Å²) in [5, 5.41) is 18.0. The maximum Gasteiger partial charge on any atom is 0.165 e. The molecule has 1 rings (SSSR count). The van der Waals surface area contributed by atoms with Gasteiger partial charge in [0, 0.05) is 0 Å². The highest BCUT2D eigenvalue weighted by Gasteiger charge is 2.06. The number of halogens is 1. The van der Waals surface area contributed by atoms with Gasteiger partial charge in [0.15, 0.2) is 11.6 Å². The summed E-state index contributed by atoms with van der Waals surface area (Å²) in [6.45, 7) is 3.35. The van der Waals surface area contributed by atoms with Gasteiger partial charge in [-0.15, -0.1) is 6.58 Å². The van der Waals surface area contributed by atoms with Gasteiger partial charge < -0.3 is 10.2 Å². The lowest BCUT2D eigenvalue weighted by Gasteiger charge is -2.05. The first kappa shape index (κ1) is 8.74. The van der Waals surface area contributed by atoms with Gasteiger partial charge in [-0.25, -0.2) is 4.39 Å². The third-order valence-corrected chi connectivity index (χ3v) is 1.54. The zero-order valence-electron chi connectivity index (χ0n) is 6.37. The number of hydrogen-bond acceptors (Lipinski definition) is 2. The number of benzene rings is 1. The van der Waals surface area contributed by atoms with Gasteiger partial charge in [-0.3, -0.25) is 0 Å². The van der Waals surface area contributed by atoms with Gasteiger partial charge in [0.2, 0.25) is 0 Å². The van der Waals surface area contributed by atoms with Crippen LogP contribution in [0.25, 0.3) is 0 Å². The van der Waals surface area contributed by atoms with Crippen molar-refractivity contribution in [3.8, 4) is 5.75 Å². The maximum atomic E-state index is 12.7. The molecule has 0 aromatic heterocycles. The minimum Gasteiger partial charge on any atom is -0.505 e. The maximum absolute atomic E-state index is 12.7. The minimum atomic E-state index is -0.889. The molecule has 1 atom stereocenters. The van der Waals surface area contributed by atoms with Gasteiger partial charge in [-0.2, -0.15) is 0 Å². The SMILES string of the molecule is C=C[C@H](O)c1ccc(O)c(F)c1. The van der Waals surface area contributed by atoms with Crippen LogP contribution < -0.4 is 0 Å². The smallest absolute Gasteiger partial charge is 0.165 e. The predicted octanol–water partition coefficient (Wildman–Crippen LogP) is 1.75. The summed E-state index contributed by atoms with van der Waals surface area (Å²) < 4.78 is 12.7. The highest BCUT2D eigenvalue weighted by molar-refractivity contribution is 5.30. The van der Waals surface area contributed by atoms with Crippen molar-refractivity contribution in [2.45, 2.75) is 6.10 Å². The van der Waals surface area contributed by atoms with Crippen molar-refractivity contribution in [2.24, 2.45) is 0 Å². The van der Waals surface area contributed by atoms with Crippen molar-refractivity contribution in [2.75, 3.05) is 0 Å². The Morgan fingerprint density at radius 2 is 2.17 bits per heavy atom.